The van der Waals surface area contributed by atoms with E-state index in [0.29, 0.717) is 0 Å². The number of H-pyrrole nitrogens is 1. The number of ether oxygens (including phenoxy) is 2. The van der Waals surface area contributed by atoms with Crippen molar-refractivity contribution in [1.82, 2.24) is 9.55 Å². The van der Waals surface area contributed by atoms with Gasteiger partial charge in [-0.3, -0.25) is 19.1 Å². The number of carbonyl (C=O) groups is 1. The van der Waals surface area contributed by atoms with Crippen molar-refractivity contribution in [2.45, 2.75) is 31.8 Å². The topological polar surface area (TPSA) is 111 Å². The molecule has 8 nitrogen and oxygen atoms in total. The Labute approximate surface area is 107 Å². The average Bonchev–Trinajstić information content (AvgIpc) is 2.71. The Morgan fingerprint density at radius 2 is 2.37 bits per heavy atom. The van der Waals surface area contributed by atoms with Gasteiger partial charge in [0.05, 0.1) is 6.61 Å². The summed E-state index contributed by atoms with van der Waals surface area (Å²) in [6.07, 6.45) is -0.461. The zero-order chi connectivity index (χ0) is 14.0. The van der Waals surface area contributed by atoms with Gasteiger partial charge in [0, 0.05) is 25.6 Å². The predicted molar refractivity (Wildman–Crippen MR) is 62.5 cm³/mol. The first-order valence-electron chi connectivity index (χ1n) is 5.76. The monoisotopic (exact) mass is 270 g/mol. The van der Waals surface area contributed by atoms with Crippen LogP contribution in [-0.4, -0.2) is 39.4 Å². The Morgan fingerprint density at radius 1 is 1.63 bits per heavy atom. The number of aromatic amines is 1. The van der Waals surface area contributed by atoms with Crippen LogP contribution in [-0.2, 0) is 14.3 Å². The molecule has 0 aliphatic carbocycles. The van der Waals surface area contributed by atoms with Crippen LogP contribution in [0.4, 0.5) is 0 Å². The van der Waals surface area contributed by atoms with Crippen molar-refractivity contribution < 1.29 is 19.4 Å². The summed E-state index contributed by atoms with van der Waals surface area (Å²) in [6, 6.07) is 1.19. The number of aromatic nitrogens is 2. The lowest BCUT2D eigenvalue weighted by Crippen LogP contribution is -2.31. The molecule has 1 fully saturated rings. The summed E-state index contributed by atoms with van der Waals surface area (Å²) in [4.78, 5) is 35.6. The third-order valence-electron chi connectivity index (χ3n) is 2.84. The van der Waals surface area contributed by atoms with Gasteiger partial charge in [0.2, 0.25) is 0 Å². The quantitative estimate of drug-likeness (QED) is 0.664. The van der Waals surface area contributed by atoms with Gasteiger partial charge in [0.25, 0.3) is 5.56 Å². The highest BCUT2D eigenvalue weighted by atomic mass is 16.6. The maximum atomic E-state index is 11.6. The lowest BCUT2D eigenvalue weighted by atomic mass is 10.2. The third kappa shape index (κ3) is 2.91. The molecule has 0 spiro atoms. The molecule has 2 N–H and O–H groups in total. The first kappa shape index (κ1) is 13.5. The van der Waals surface area contributed by atoms with Gasteiger partial charge in [-0.2, -0.15) is 0 Å². The minimum atomic E-state index is -0.689. The maximum Gasteiger partial charge on any atom is 0.330 e. The van der Waals surface area contributed by atoms with Gasteiger partial charge in [-0.15, -0.1) is 0 Å². The first-order valence-corrected chi connectivity index (χ1v) is 5.76. The fourth-order valence-electron chi connectivity index (χ4n) is 2.03. The number of nitrogens with zero attached hydrogens (tertiary/aromatic N) is 1. The SMILES string of the molecule is CC(=O)O[C@@H]1C[C@H](n2ccc(=O)[nH]c2=O)O[C@@H]1CO. The van der Waals surface area contributed by atoms with Crippen LogP contribution >= 0.6 is 0 Å². The Kier molecular flexibility index (Phi) is 3.82. The summed E-state index contributed by atoms with van der Waals surface area (Å²) in [5.74, 6) is -0.485. The van der Waals surface area contributed by atoms with Crippen LogP contribution < -0.4 is 11.2 Å². The van der Waals surface area contributed by atoms with E-state index in [1.807, 2.05) is 0 Å². The number of esters is 1. The molecule has 2 rings (SSSR count). The molecule has 0 radical (unpaired) electrons. The van der Waals surface area contributed by atoms with Gasteiger partial charge in [0.1, 0.15) is 18.4 Å². The van der Waals surface area contributed by atoms with Crippen molar-refractivity contribution in [2.24, 2.45) is 0 Å². The molecule has 2 heterocycles. The van der Waals surface area contributed by atoms with Gasteiger partial charge >= 0.3 is 11.7 Å². The number of aliphatic hydroxyl groups is 1. The molecule has 0 amide bonds. The molecule has 0 bridgehead atoms. The van der Waals surface area contributed by atoms with Gasteiger partial charge in [-0.25, -0.2) is 4.79 Å². The second-order valence-corrected chi connectivity index (χ2v) is 4.21. The normalized spacial score (nSPS) is 26.3. The smallest absolute Gasteiger partial charge is 0.330 e. The Balaban J connectivity index is 2.21. The van der Waals surface area contributed by atoms with E-state index < -0.39 is 35.7 Å². The second-order valence-electron chi connectivity index (χ2n) is 4.21. The van der Waals surface area contributed by atoms with E-state index in [-0.39, 0.29) is 13.0 Å². The van der Waals surface area contributed by atoms with E-state index in [1.54, 1.807) is 0 Å². The lowest BCUT2D eigenvalue weighted by Gasteiger charge is -2.15. The van der Waals surface area contributed by atoms with E-state index >= 15 is 0 Å². The number of aliphatic hydroxyl groups excluding tert-OH is 1. The number of nitrogens with one attached hydrogen (secondary N) is 1. The Hall–Kier alpha value is -1.93. The molecule has 0 saturated carbocycles. The fraction of sp³-hybridized carbons (Fsp3) is 0.545. The molecule has 8 heteroatoms. The molecule has 3 atom stereocenters. The van der Waals surface area contributed by atoms with Crippen LogP contribution in [0.5, 0.6) is 0 Å². The van der Waals surface area contributed by atoms with Crippen molar-refractivity contribution in [1.29, 1.82) is 0 Å². The zero-order valence-corrected chi connectivity index (χ0v) is 10.2. The lowest BCUT2D eigenvalue weighted by molar-refractivity contribution is -0.150. The van der Waals surface area contributed by atoms with Crippen LogP contribution in [0.25, 0.3) is 0 Å². The van der Waals surface area contributed by atoms with Crippen LogP contribution in [0.15, 0.2) is 21.9 Å². The Morgan fingerprint density at radius 3 is 2.95 bits per heavy atom. The largest absolute Gasteiger partial charge is 0.460 e. The fourth-order valence-corrected chi connectivity index (χ4v) is 2.03. The first-order chi connectivity index (χ1) is 9.01. The van der Waals surface area contributed by atoms with Gasteiger partial charge in [-0.05, 0) is 0 Å². The van der Waals surface area contributed by atoms with Crippen molar-refractivity contribution in [3.05, 3.63) is 33.1 Å². The standard InChI is InChI=1S/C11H14N2O6/c1-6(15)18-7-4-10(19-8(7)5-14)13-3-2-9(16)12-11(13)17/h2-3,7-8,10,14H,4-5H2,1H3,(H,12,16,17)/t7-,8-,10-/m1/s1. The number of carbonyl (C=O) groups excluding carboxylic acids is 1. The van der Waals surface area contributed by atoms with Crippen molar-refractivity contribution in [3.63, 3.8) is 0 Å². The molecule has 1 aromatic heterocycles. The minimum Gasteiger partial charge on any atom is -0.460 e. The number of hydrogen-bond acceptors (Lipinski definition) is 6. The second kappa shape index (κ2) is 5.37. The molecular formula is C11H14N2O6. The third-order valence-corrected chi connectivity index (χ3v) is 2.84. The summed E-state index contributed by atoms with van der Waals surface area (Å²) in [6.45, 7) is 0.931. The minimum absolute atomic E-state index is 0.233. The highest BCUT2D eigenvalue weighted by Gasteiger charge is 2.38. The van der Waals surface area contributed by atoms with Crippen LogP contribution in [0.1, 0.15) is 19.6 Å². The van der Waals surface area contributed by atoms with E-state index in [2.05, 4.69) is 4.98 Å². The molecular weight excluding hydrogens is 256 g/mol. The average molecular weight is 270 g/mol. The van der Waals surface area contributed by atoms with Gasteiger partial charge in [0.15, 0.2) is 0 Å². The summed E-state index contributed by atoms with van der Waals surface area (Å²) >= 11 is 0. The molecule has 1 aliphatic rings. The van der Waals surface area contributed by atoms with E-state index in [0.717, 1.165) is 0 Å². The summed E-state index contributed by atoms with van der Waals surface area (Å²) in [5, 5.41) is 9.17. The van der Waals surface area contributed by atoms with E-state index in [4.69, 9.17) is 14.6 Å². The van der Waals surface area contributed by atoms with E-state index in [9.17, 15) is 14.4 Å². The van der Waals surface area contributed by atoms with E-state index in [1.165, 1.54) is 23.8 Å². The summed E-state index contributed by atoms with van der Waals surface area (Å²) in [5.41, 5.74) is -1.12. The number of hydrogen-bond donors (Lipinski definition) is 2. The van der Waals surface area contributed by atoms with Gasteiger partial charge < -0.3 is 14.6 Å². The Bertz CT molecular complexity index is 577. The maximum absolute atomic E-state index is 11.6. The predicted octanol–water partition coefficient (Wildman–Crippen LogP) is -1.25. The van der Waals surface area contributed by atoms with Crippen molar-refractivity contribution in [3.8, 4) is 0 Å². The molecule has 19 heavy (non-hydrogen) atoms. The van der Waals surface area contributed by atoms with Crippen molar-refractivity contribution >= 4 is 5.97 Å². The van der Waals surface area contributed by atoms with Crippen LogP contribution in [0, 0.1) is 0 Å². The molecule has 1 aromatic rings. The number of rotatable bonds is 3. The summed E-state index contributed by atoms with van der Waals surface area (Å²) in [7, 11) is 0. The molecule has 0 unspecified atom stereocenters. The highest BCUT2D eigenvalue weighted by molar-refractivity contribution is 5.66. The van der Waals surface area contributed by atoms with Crippen LogP contribution in [0.2, 0.25) is 0 Å². The molecule has 104 valence electrons. The zero-order valence-electron chi connectivity index (χ0n) is 10.2. The molecule has 0 aromatic carbocycles. The molecule has 1 saturated heterocycles. The summed E-state index contributed by atoms with van der Waals surface area (Å²) < 4.78 is 11.7. The highest BCUT2D eigenvalue weighted by Crippen LogP contribution is 2.29. The molecule has 1 aliphatic heterocycles. The van der Waals surface area contributed by atoms with Crippen LogP contribution in [0.3, 0.4) is 0 Å². The van der Waals surface area contributed by atoms with Gasteiger partial charge in [-0.1, -0.05) is 0 Å². The van der Waals surface area contributed by atoms with Crippen molar-refractivity contribution in [2.75, 3.05) is 6.61 Å².